The number of ether oxygens (including phenoxy) is 2. The SMILES string of the molecule is COc1ccc(C(=O)NNC(=O)c2oc3c(c2C)/C(=N/NC(=O)c2cccc(OC)c2)CCC3)cc1. The Morgan fingerprint density at radius 3 is 2.31 bits per heavy atom. The first-order chi connectivity index (χ1) is 17.4. The van der Waals surface area contributed by atoms with Gasteiger partial charge in [0.15, 0.2) is 5.76 Å². The van der Waals surface area contributed by atoms with Crippen molar-refractivity contribution < 1.29 is 28.3 Å². The van der Waals surface area contributed by atoms with Crippen LogP contribution in [0.1, 0.15) is 61.0 Å². The summed E-state index contributed by atoms with van der Waals surface area (Å²) >= 11 is 0. The average molecular weight is 491 g/mol. The normalized spacial score (nSPS) is 13.5. The smallest absolute Gasteiger partial charge is 0.305 e. The van der Waals surface area contributed by atoms with Gasteiger partial charge in [-0.1, -0.05) is 6.07 Å². The van der Waals surface area contributed by atoms with Crippen LogP contribution in [-0.2, 0) is 6.42 Å². The van der Waals surface area contributed by atoms with Gasteiger partial charge in [0.25, 0.3) is 11.8 Å². The van der Waals surface area contributed by atoms with Crippen LogP contribution in [0.15, 0.2) is 58.0 Å². The lowest BCUT2D eigenvalue weighted by Crippen LogP contribution is -2.41. The average Bonchev–Trinajstić information content (AvgIpc) is 3.27. The number of carbonyl (C=O) groups excluding carboxylic acids is 3. The zero-order chi connectivity index (χ0) is 25.7. The zero-order valence-electron chi connectivity index (χ0n) is 20.1. The molecule has 3 N–H and O–H groups in total. The van der Waals surface area contributed by atoms with Crippen LogP contribution >= 0.6 is 0 Å². The Balaban J connectivity index is 1.46. The fraction of sp³-hybridized carbons (Fsp3) is 0.231. The number of furan rings is 1. The molecule has 0 aliphatic heterocycles. The van der Waals surface area contributed by atoms with Gasteiger partial charge in [0, 0.05) is 28.7 Å². The highest BCUT2D eigenvalue weighted by atomic mass is 16.5. The summed E-state index contributed by atoms with van der Waals surface area (Å²) in [7, 11) is 3.06. The number of fused-ring (bicyclic) bond motifs is 1. The Hall–Kier alpha value is -4.60. The molecule has 4 rings (SSSR count). The molecule has 0 fully saturated rings. The summed E-state index contributed by atoms with van der Waals surface area (Å²) in [6, 6.07) is 13.2. The molecule has 1 aliphatic carbocycles. The number of hydrazine groups is 1. The Morgan fingerprint density at radius 1 is 0.861 bits per heavy atom. The lowest BCUT2D eigenvalue weighted by atomic mass is 9.93. The molecule has 1 aliphatic rings. The number of aryl methyl sites for hydroxylation is 1. The predicted molar refractivity (Wildman–Crippen MR) is 131 cm³/mol. The number of rotatable bonds is 6. The minimum absolute atomic E-state index is 0.0729. The van der Waals surface area contributed by atoms with E-state index >= 15 is 0 Å². The highest BCUT2D eigenvalue weighted by Crippen LogP contribution is 2.30. The second-order valence-electron chi connectivity index (χ2n) is 8.08. The van der Waals surface area contributed by atoms with Gasteiger partial charge in [0.2, 0.25) is 0 Å². The summed E-state index contributed by atoms with van der Waals surface area (Å²) in [6.07, 6.45) is 1.99. The molecule has 10 heteroatoms. The van der Waals surface area contributed by atoms with Crippen molar-refractivity contribution in [1.29, 1.82) is 0 Å². The zero-order valence-corrected chi connectivity index (χ0v) is 20.1. The van der Waals surface area contributed by atoms with E-state index in [-0.39, 0.29) is 11.7 Å². The third kappa shape index (κ3) is 5.22. The molecule has 0 radical (unpaired) electrons. The van der Waals surface area contributed by atoms with E-state index in [2.05, 4.69) is 21.4 Å². The van der Waals surface area contributed by atoms with Crippen LogP contribution in [0.4, 0.5) is 0 Å². The molecule has 0 saturated heterocycles. The summed E-state index contributed by atoms with van der Waals surface area (Å²) < 4.78 is 16.1. The van der Waals surface area contributed by atoms with Gasteiger partial charge in [-0.15, -0.1) is 0 Å². The first kappa shape index (κ1) is 24.5. The molecular formula is C26H26N4O6. The fourth-order valence-corrected chi connectivity index (χ4v) is 3.93. The van der Waals surface area contributed by atoms with E-state index in [9.17, 15) is 14.4 Å². The molecular weight excluding hydrogens is 464 g/mol. The molecule has 1 heterocycles. The molecule has 0 unspecified atom stereocenters. The van der Waals surface area contributed by atoms with E-state index < -0.39 is 11.8 Å². The van der Waals surface area contributed by atoms with Crippen molar-refractivity contribution >= 4 is 23.4 Å². The van der Waals surface area contributed by atoms with Gasteiger partial charge in [-0.05, 0) is 62.2 Å². The standard InChI is InChI=1S/C26H26N4O6/c1-15-22-20(27-28-25(32)17-6-4-7-19(14-17)35-3)8-5-9-21(22)36-23(15)26(33)30-29-24(31)16-10-12-18(34-2)13-11-16/h4,6-7,10-14H,5,8-9H2,1-3H3,(H,28,32)(H,29,31)(H,30,33)/b27-20+. The molecule has 0 saturated carbocycles. The molecule has 36 heavy (non-hydrogen) atoms. The minimum Gasteiger partial charge on any atom is -0.497 e. The largest absolute Gasteiger partial charge is 0.497 e. The minimum atomic E-state index is -0.594. The summed E-state index contributed by atoms with van der Waals surface area (Å²) in [5.41, 5.74) is 10.0. The van der Waals surface area contributed by atoms with Gasteiger partial charge in [0.05, 0.1) is 19.9 Å². The fourth-order valence-electron chi connectivity index (χ4n) is 3.93. The second kappa shape index (κ2) is 10.8. The van der Waals surface area contributed by atoms with Crippen molar-refractivity contribution in [1.82, 2.24) is 16.3 Å². The third-order valence-electron chi connectivity index (χ3n) is 5.80. The quantitative estimate of drug-likeness (QED) is 0.455. The van der Waals surface area contributed by atoms with E-state index in [4.69, 9.17) is 13.9 Å². The lowest BCUT2D eigenvalue weighted by Gasteiger charge is -2.13. The first-order valence-electron chi connectivity index (χ1n) is 11.3. The predicted octanol–water partition coefficient (Wildman–Crippen LogP) is 3.15. The first-order valence-corrected chi connectivity index (χ1v) is 11.3. The number of methoxy groups -OCH3 is 2. The highest BCUT2D eigenvalue weighted by Gasteiger charge is 2.28. The van der Waals surface area contributed by atoms with Crippen molar-refractivity contribution in [3.8, 4) is 11.5 Å². The van der Waals surface area contributed by atoms with Crippen LogP contribution < -0.4 is 25.8 Å². The molecule has 1 aromatic heterocycles. The maximum atomic E-state index is 12.8. The third-order valence-corrected chi connectivity index (χ3v) is 5.80. The highest BCUT2D eigenvalue weighted by molar-refractivity contribution is 6.07. The monoisotopic (exact) mass is 490 g/mol. The summed E-state index contributed by atoms with van der Waals surface area (Å²) in [5.74, 6) is 0.406. The van der Waals surface area contributed by atoms with Crippen molar-refractivity contribution in [2.75, 3.05) is 14.2 Å². The lowest BCUT2D eigenvalue weighted by molar-refractivity contribution is 0.0829. The molecule has 3 amide bonds. The number of benzene rings is 2. The number of hydrogen-bond donors (Lipinski definition) is 3. The maximum absolute atomic E-state index is 12.8. The number of hydrazone groups is 1. The summed E-state index contributed by atoms with van der Waals surface area (Å²) in [4.78, 5) is 37.7. The Bertz CT molecular complexity index is 1330. The van der Waals surface area contributed by atoms with E-state index in [0.29, 0.717) is 58.1 Å². The Morgan fingerprint density at radius 2 is 1.58 bits per heavy atom. The number of nitrogens with one attached hydrogen (secondary N) is 3. The van der Waals surface area contributed by atoms with E-state index in [1.807, 2.05) is 0 Å². The van der Waals surface area contributed by atoms with Gasteiger partial charge in [-0.25, -0.2) is 5.43 Å². The summed E-state index contributed by atoms with van der Waals surface area (Å²) in [5, 5.41) is 4.32. The van der Waals surface area contributed by atoms with Crippen LogP contribution in [-0.4, -0.2) is 37.7 Å². The van der Waals surface area contributed by atoms with Gasteiger partial charge in [-0.3, -0.25) is 25.2 Å². The number of nitrogens with zero attached hydrogens (tertiary/aromatic N) is 1. The van der Waals surface area contributed by atoms with Crippen LogP contribution in [0.2, 0.25) is 0 Å². The van der Waals surface area contributed by atoms with Crippen LogP contribution in [0, 0.1) is 6.92 Å². The molecule has 0 atom stereocenters. The van der Waals surface area contributed by atoms with Gasteiger partial charge in [-0.2, -0.15) is 5.10 Å². The van der Waals surface area contributed by atoms with Gasteiger partial charge >= 0.3 is 5.91 Å². The molecule has 2 aromatic carbocycles. The van der Waals surface area contributed by atoms with E-state index in [1.54, 1.807) is 55.5 Å². The molecule has 0 spiro atoms. The molecule has 3 aromatic rings. The number of hydrogen-bond acceptors (Lipinski definition) is 7. The van der Waals surface area contributed by atoms with Gasteiger partial charge in [0.1, 0.15) is 17.3 Å². The van der Waals surface area contributed by atoms with E-state index in [1.165, 1.54) is 14.2 Å². The number of amides is 3. The number of carbonyl (C=O) groups is 3. The van der Waals surface area contributed by atoms with Gasteiger partial charge < -0.3 is 13.9 Å². The Labute approximate surface area is 207 Å². The molecule has 186 valence electrons. The van der Waals surface area contributed by atoms with Crippen molar-refractivity contribution in [2.24, 2.45) is 5.10 Å². The van der Waals surface area contributed by atoms with Crippen LogP contribution in [0.25, 0.3) is 0 Å². The topological polar surface area (TPSA) is 131 Å². The maximum Gasteiger partial charge on any atom is 0.305 e. The second-order valence-corrected chi connectivity index (χ2v) is 8.08. The van der Waals surface area contributed by atoms with E-state index in [0.717, 1.165) is 6.42 Å². The van der Waals surface area contributed by atoms with Crippen molar-refractivity contribution in [3.05, 3.63) is 82.3 Å². The van der Waals surface area contributed by atoms with Crippen molar-refractivity contribution in [2.45, 2.75) is 26.2 Å². The summed E-state index contributed by atoms with van der Waals surface area (Å²) in [6.45, 7) is 1.74. The Kier molecular flexibility index (Phi) is 7.33. The van der Waals surface area contributed by atoms with Crippen molar-refractivity contribution in [3.63, 3.8) is 0 Å². The molecule has 0 bridgehead atoms. The molecule has 10 nitrogen and oxygen atoms in total. The van der Waals surface area contributed by atoms with Crippen LogP contribution in [0.5, 0.6) is 11.5 Å². The van der Waals surface area contributed by atoms with Crippen LogP contribution in [0.3, 0.4) is 0 Å².